The van der Waals surface area contributed by atoms with Crippen molar-refractivity contribution in [1.29, 1.82) is 0 Å². The summed E-state index contributed by atoms with van der Waals surface area (Å²) >= 11 is 0. The molecule has 0 saturated heterocycles. The Bertz CT molecular complexity index is 628. The zero-order chi connectivity index (χ0) is 22.4. The summed E-state index contributed by atoms with van der Waals surface area (Å²) in [5, 5.41) is 0. The number of hydrogen-bond donors (Lipinski definition) is 0. The van der Waals surface area contributed by atoms with Gasteiger partial charge in [0.25, 0.3) is 0 Å². The van der Waals surface area contributed by atoms with Crippen LogP contribution in [0.5, 0.6) is 0 Å². The number of esters is 1. The van der Waals surface area contributed by atoms with Gasteiger partial charge in [-0.1, -0.05) is 44.2 Å². The van der Waals surface area contributed by atoms with Gasteiger partial charge in [0.05, 0.1) is 32.5 Å². The Kier molecular flexibility index (Phi) is 13.1. The molecule has 172 valence electrons. The van der Waals surface area contributed by atoms with E-state index in [1.165, 1.54) is 0 Å². The lowest BCUT2D eigenvalue weighted by atomic mass is 10.1. The highest BCUT2D eigenvalue weighted by Gasteiger charge is 2.44. The Morgan fingerprint density at radius 3 is 2.07 bits per heavy atom. The number of benzene rings is 1. The van der Waals surface area contributed by atoms with Gasteiger partial charge in [-0.15, -0.1) is 0 Å². The van der Waals surface area contributed by atoms with Crippen LogP contribution in [0, 0.1) is 0 Å². The largest absolute Gasteiger partial charge is 0.465 e. The summed E-state index contributed by atoms with van der Waals surface area (Å²) in [6.45, 7) is 12.6. The first-order valence-corrected chi connectivity index (χ1v) is 12.5. The van der Waals surface area contributed by atoms with Crippen molar-refractivity contribution in [2.24, 2.45) is 0 Å². The first-order valence-electron chi connectivity index (χ1n) is 10.9. The van der Waals surface area contributed by atoms with E-state index in [4.69, 9.17) is 18.5 Å². The summed E-state index contributed by atoms with van der Waals surface area (Å²) < 4.78 is 35.8. The van der Waals surface area contributed by atoms with Crippen molar-refractivity contribution in [3.8, 4) is 0 Å². The average molecular weight is 444 g/mol. The molecular weight excluding hydrogens is 405 g/mol. The molecule has 0 aliphatic rings. The standard InChI is InChI=1S/C22H38NO6P/c1-6-23(7-2)17-20(27-18-19-14-12-11-13-15-19)16-21(22(24)26-8-3)30(25,28-9-4)29-10-5/h11-15,20-21H,6-10,16-18H2,1-5H3. The summed E-state index contributed by atoms with van der Waals surface area (Å²) in [6.07, 6.45) is -0.145. The molecule has 2 atom stereocenters. The quantitative estimate of drug-likeness (QED) is 0.275. The summed E-state index contributed by atoms with van der Waals surface area (Å²) in [6, 6.07) is 9.84. The van der Waals surface area contributed by atoms with Gasteiger partial charge in [0.2, 0.25) is 0 Å². The Morgan fingerprint density at radius 2 is 1.57 bits per heavy atom. The molecule has 1 rings (SSSR count). The van der Waals surface area contributed by atoms with Gasteiger partial charge in [0.1, 0.15) is 0 Å². The fourth-order valence-corrected chi connectivity index (χ4v) is 5.15. The Hall–Kier alpha value is -1.24. The molecule has 0 spiro atoms. The maximum Gasteiger partial charge on any atom is 0.344 e. The lowest BCUT2D eigenvalue weighted by molar-refractivity contribution is -0.144. The van der Waals surface area contributed by atoms with Crippen molar-refractivity contribution in [3.05, 3.63) is 35.9 Å². The van der Waals surface area contributed by atoms with Gasteiger partial charge in [-0.25, -0.2) is 0 Å². The molecule has 0 aliphatic carbocycles. The van der Waals surface area contributed by atoms with E-state index in [0.717, 1.165) is 18.7 Å². The maximum absolute atomic E-state index is 13.4. The monoisotopic (exact) mass is 443 g/mol. The van der Waals surface area contributed by atoms with Crippen LogP contribution >= 0.6 is 7.60 Å². The zero-order valence-electron chi connectivity index (χ0n) is 19.0. The number of carbonyl (C=O) groups is 1. The fourth-order valence-electron chi connectivity index (χ4n) is 3.17. The third-order valence-corrected chi connectivity index (χ3v) is 7.15. The maximum atomic E-state index is 13.4. The highest BCUT2D eigenvalue weighted by molar-refractivity contribution is 7.55. The van der Waals surface area contributed by atoms with Gasteiger partial charge in [-0.3, -0.25) is 9.36 Å². The lowest BCUT2D eigenvalue weighted by Crippen LogP contribution is -2.38. The van der Waals surface area contributed by atoms with E-state index >= 15 is 0 Å². The topological polar surface area (TPSA) is 74.3 Å². The first kappa shape index (κ1) is 26.8. The lowest BCUT2D eigenvalue weighted by Gasteiger charge is -2.30. The van der Waals surface area contributed by atoms with E-state index in [0.29, 0.717) is 13.2 Å². The molecule has 0 amide bonds. The molecule has 0 saturated carbocycles. The second kappa shape index (κ2) is 14.7. The molecule has 7 nitrogen and oxygen atoms in total. The van der Waals surface area contributed by atoms with Gasteiger partial charge in [-0.2, -0.15) is 0 Å². The van der Waals surface area contributed by atoms with Crippen LogP contribution in [0.3, 0.4) is 0 Å². The van der Waals surface area contributed by atoms with Crippen molar-refractivity contribution in [3.63, 3.8) is 0 Å². The number of carbonyl (C=O) groups excluding carboxylic acids is 1. The van der Waals surface area contributed by atoms with Crippen LogP contribution in [0.4, 0.5) is 0 Å². The Labute approximate surface area is 181 Å². The predicted molar refractivity (Wildman–Crippen MR) is 119 cm³/mol. The van der Waals surface area contributed by atoms with E-state index in [1.54, 1.807) is 20.8 Å². The molecule has 0 N–H and O–H groups in total. The molecule has 0 aliphatic heterocycles. The van der Waals surface area contributed by atoms with Crippen molar-refractivity contribution in [2.75, 3.05) is 39.5 Å². The summed E-state index contributed by atoms with van der Waals surface area (Å²) in [4.78, 5) is 15.0. The number of ether oxygens (including phenoxy) is 2. The third kappa shape index (κ3) is 8.86. The van der Waals surface area contributed by atoms with Crippen LogP contribution in [0.1, 0.15) is 46.6 Å². The second-order valence-electron chi connectivity index (χ2n) is 6.78. The van der Waals surface area contributed by atoms with Crippen molar-refractivity contribution in [2.45, 2.75) is 59.4 Å². The third-order valence-electron chi connectivity index (χ3n) is 4.73. The molecule has 0 heterocycles. The van der Waals surface area contributed by atoms with E-state index in [1.807, 2.05) is 30.3 Å². The van der Waals surface area contributed by atoms with Gasteiger partial charge < -0.3 is 23.4 Å². The Morgan fingerprint density at radius 1 is 0.967 bits per heavy atom. The summed E-state index contributed by atoms with van der Waals surface area (Å²) in [5.41, 5.74) is 0.00113. The summed E-state index contributed by atoms with van der Waals surface area (Å²) in [5.74, 6) is -0.574. The molecule has 8 heteroatoms. The minimum atomic E-state index is -3.70. The van der Waals surface area contributed by atoms with E-state index < -0.39 is 19.2 Å². The minimum Gasteiger partial charge on any atom is -0.465 e. The van der Waals surface area contributed by atoms with E-state index in [2.05, 4.69) is 18.7 Å². The SMILES string of the molecule is CCOC(=O)C(CC(CN(CC)CC)OCc1ccccc1)P(=O)(OCC)OCC. The average Bonchev–Trinajstić information content (AvgIpc) is 2.74. The highest BCUT2D eigenvalue weighted by Crippen LogP contribution is 2.55. The number of rotatable bonds is 16. The molecule has 0 radical (unpaired) electrons. The van der Waals surface area contributed by atoms with Crippen molar-refractivity contribution < 1.29 is 27.9 Å². The van der Waals surface area contributed by atoms with Crippen LogP contribution in [-0.2, 0) is 34.5 Å². The van der Waals surface area contributed by atoms with Gasteiger partial charge in [0, 0.05) is 6.54 Å². The van der Waals surface area contributed by atoms with E-state index in [-0.39, 0.29) is 32.3 Å². The van der Waals surface area contributed by atoms with Crippen LogP contribution in [0.15, 0.2) is 30.3 Å². The van der Waals surface area contributed by atoms with E-state index in [9.17, 15) is 9.36 Å². The molecule has 0 aromatic heterocycles. The molecule has 1 aromatic carbocycles. The van der Waals surface area contributed by atoms with Gasteiger partial charge >= 0.3 is 13.6 Å². The van der Waals surface area contributed by atoms with Crippen molar-refractivity contribution >= 4 is 13.6 Å². The molecule has 2 unspecified atom stereocenters. The second-order valence-corrected chi connectivity index (χ2v) is 9.00. The Balaban J connectivity index is 3.10. The summed E-state index contributed by atoms with van der Waals surface area (Å²) in [7, 11) is -3.70. The molecular formula is C22H38NO6P. The minimum absolute atomic E-state index is 0.179. The van der Waals surface area contributed by atoms with Crippen LogP contribution in [0.25, 0.3) is 0 Å². The zero-order valence-corrected chi connectivity index (χ0v) is 19.9. The first-order chi connectivity index (χ1) is 14.4. The molecule has 0 fully saturated rings. The fraction of sp³-hybridized carbons (Fsp3) is 0.682. The number of nitrogens with zero attached hydrogens (tertiary/aromatic N) is 1. The number of likely N-dealkylation sites (N-methyl/N-ethyl adjacent to an activating group) is 1. The van der Waals surface area contributed by atoms with Gasteiger partial charge in [0.15, 0.2) is 5.66 Å². The van der Waals surface area contributed by atoms with Gasteiger partial charge in [-0.05, 0) is 45.8 Å². The highest BCUT2D eigenvalue weighted by atomic mass is 31.2. The molecule has 0 bridgehead atoms. The van der Waals surface area contributed by atoms with Crippen LogP contribution in [-0.4, -0.2) is 62.1 Å². The smallest absolute Gasteiger partial charge is 0.344 e. The van der Waals surface area contributed by atoms with Crippen LogP contribution in [0.2, 0.25) is 0 Å². The van der Waals surface area contributed by atoms with Crippen LogP contribution < -0.4 is 0 Å². The normalized spacial score (nSPS) is 13.9. The van der Waals surface area contributed by atoms with Crippen molar-refractivity contribution in [1.82, 2.24) is 4.90 Å². The molecule has 1 aromatic rings. The molecule has 30 heavy (non-hydrogen) atoms. The predicted octanol–water partition coefficient (Wildman–Crippen LogP) is 4.50. The number of hydrogen-bond acceptors (Lipinski definition) is 7.